The Balaban J connectivity index is 2.05. The zero-order valence-electron chi connectivity index (χ0n) is 13.0. The number of aromatic amines is 1. The molecule has 0 saturated heterocycles. The van der Waals surface area contributed by atoms with Gasteiger partial charge in [0.25, 0.3) is 5.91 Å². The minimum absolute atomic E-state index is 0.00266. The molecule has 6 heteroatoms. The average Bonchev–Trinajstić information content (AvgIpc) is 3.02. The third-order valence-electron chi connectivity index (χ3n) is 4.26. The van der Waals surface area contributed by atoms with Crippen LogP contribution in [-0.4, -0.2) is 21.1 Å². The maximum atomic E-state index is 11.4. The lowest BCUT2D eigenvalue weighted by Gasteiger charge is -2.12. The molecule has 0 radical (unpaired) electrons. The fourth-order valence-electron chi connectivity index (χ4n) is 3.04. The lowest BCUT2D eigenvalue weighted by atomic mass is 9.96. The molecule has 0 bridgehead atoms. The Kier molecular flexibility index (Phi) is 2.99. The highest BCUT2D eigenvalue weighted by molar-refractivity contribution is 6.08. The van der Waals surface area contributed by atoms with E-state index in [1.807, 2.05) is 43.5 Å². The highest BCUT2D eigenvalue weighted by Gasteiger charge is 2.17. The molecule has 24 heavy (non-hydrogen) atoms. The lowest BCUT2D eigenvalue weighted by molar-refractivity contribution is 0.0996. The largest absolute Gasteiger partial charge is 0.396 e. The van der Waals surface area contributed by atoms with Gasteiger partial charge in [0, 0.05) is 22.7 Å². The zero-order valence-corrected chi connectivity index (χ0v) is 13.0. The number of nitrogens with zero attached hydrogens (tertiary/aromatic N) is 2. The van der Waals surface area contributed by atoms with Crippen molar-refractivity contribution >= 4 is 33.4 Å². The van der Waals surface area contributed by atoms with Gasteiger partial charge in [-0.3, -0.25) is 4.79 Å². The van der Waals surface area contributed by atoms with Crippen molar-refractivity contribution in [2.75, 3.05) is 5.73 Å². The predicted molar refractivity (Wildman–Crippen MR) is 94.5 cm³/mol. The molecule has 0 atom stereocenters. The van der Waals surface area contributed by atoms with Crippen LogP contribution in [0.4, 0.5) is 5.69 Å². The second-order valence-electron chi connectivity index (χ2n) is 5.76. The van der Waals surface area contributed by atoms with Crippen molar-refractivity contribution in [1.29, 1.82) is 0 Å². The predicted octanol–water partition coefficient (Wildman–Crippen LogP) is 2.77. The van der Waals surface area contributed by atoms with Crippen molar-refractivity contribution in [3.05, 3.63) is 53.9 Å². The van der Waals surface area contributed by atoms with Gasteiger partial charge in [-0.1, -0.05) is 24.3 Å². The molecule has 2 aromatic heterocycles. The van der Waals surface area contributed by atoms with E-state index in [-0.39, 0.29) is 11.4 Å². The van der Waals surface area contributed by atoms with E-state index in [9.17, 15) is 4.79 Å². The van der Waals surface area contributed by atoms with E-state index in [2.05, 4.69) is 21.2 Å². The van der Waals surface area contributed by atoms with Gasteiger partial charge in [-0.15, -0.1) is 10.2 Å². The number of amides is 1. The van der Waals surface area contributed by atoms with Crippen molar-refractivity contribution in [2.24, 2.45) is 5.73 Å². The van der Waals surface area contributed by atoms with Gasteiger partial charge in [0.2, 0.25) is 0 Å². The fraction of sp³-hybridized carbons (Fsp3) is 0.0556. The lowest BCUT2D eigenvalue weighted by Crippen LogP contribution is -2.16. The van der Waals surface area contributed by atoms with Gasteiger partial charge in [0.15, 0.2) is 5.69 Å². The summed E-state index contributed by atoms with van der Waals surface area (Å²) < 4.78 is 0. The number of rotatable bonds is 2. The van der Waals surface area contributed by atoms with Crippen molar-refractivity contribution in [3.8, 4) is 11.1 Å². The first-order valence-electron chi connectivity index (χ1n) is 7.49. The number of hydrogen-bond acceptors (Lipinski definition) is 4. The molecule has 4 aromatic rings. The minimum Gasteiger partial charge on any atom is -0.396 e. The first kappa shape index (κ1) is 14.2. The molecule has 0 fully saturated rings. The van der Waals surface area contributed by atoms with Gasteiger partial charge in [-0.05, 0) is 35.6 Å². The molecule has 0 aliphatic heterocycles. The number of fused-ring (bicyclic) bond motifs is 2. The van der Waals surface area contributed by atoms with Crippen molar-refractivity contribution in [3.63, 3.8) is 0 Å². The standard InChI is InChI=1S/C18H15N5O/c1-9-2-5-12-15(19)17(18(20)24)23-22-16(12)14(9)11-4-3-10-6-7-21-13(10)8-11/h2-8,21H,1H3,(H2,19,22)(H2,20,24). The van der Waals surface area contributed by atoms with Gasteiger partial charge in [0.05, 0.1) is 5.69 Å². The second kappa shape index (κ2) is 5.06. The van der Waals surface area contributed by atoms with Crippen molar-refractivity contribution in [2.45, 2.75) is 6.92 Å². The number of carbonyl (C=O) groups excluding carboxylic acids is 1. The highest BCUT2D eigenvalue weighted by Crippen LogP contribution is 2.34. The number of anilines is 1. The summed E-state index contributed by atoms with van der Waals surface area (Å²) in [6.45, 7) is 2.01. The highest BCUT2D eigenvalue weighted by atomic mass is 16.1. The summed E-state index contributed by atoms with van der Waals surface area (Å²) in [6, 6.07) is 12.0. The smallest absolute Gasteiger partial charge is 0.271 e. The molecule has 2 aromatic carbocycles. The molecular formula is C18H15N5O. The Labute approximate surface area is 137 Å². The molecular weight excluding hydrogens is 302 g/mol. The SMILES string of the molecule is Cc1ccc2c(N)c(C(N)=O)nnc2c1-c1ccc2cc[nH]c2c1. The summed E-state index contributed by atoms with van der Waals surface area (Å²) in [5, 5.41) is 9.96. The van der Waals surface area contributed by atoms with Crippen LogP contribution in [0.25, 0.3) is 32.9 Å². The molecule has 0 spiro atoms. The number of primary amides is 1. The monoisotopic (exact) mass is 317 g/mol. The quantitative estimate of drug-likeness (QED) is 0.528. The maximum absolute atomic E-state index is 11.4. The molecule has 2 heterocycles. The number of H-pyrrole nitrogens is 1. The number of nitrogens with two attached hydrogens (primary N) is 2. The van der Waals surface area contributed by atoms with Crippen LogP contribution in [0.2, 0.25) is 0 Å². The first-order chi connectivity index (χ1) is 11.6. The van der Waals surface area contributed by atoms with E-state index in [1.54, 1.807) is 0 Å². The Morgan fingerprint density at radius 2 is 1.96 bits per heavy atom. The first-order valence-corrected chi connectivity index (χ1v) is 7.49. The summed E-state index contributed by atoms with van der Waals surface area (Å²) >= 11 is 0. The van der Waals surface area contributed by atoms with Crippen molar-refractivity contribution in [1.82, 2.24) is 15.2 Å². The number of nitrogen functional groups attached to an aromatic ring is 1. The molecule has 1 amide bonds. The van der Waals surface area contributed by atoms with Crippen LogP contribution in [0, 0.1) is 6.92 Å². The van der Waals surface area contributed by atoms with E-state index in [4.69, 9.17) is 11.5 Å². The molecule has 5 N–H and O–H groups in total. The van der Waals surface area contributed by atoms with E-state index in [1.165, 1.54) is 0 Å². The van der Waals surface area contributed by atoms with Crippen LogP contribution in [0.1, 0.15) is 16.1 Å². The molecule has 0 aliphatic carbocycles. The van der Waals surface area contributed by atoms with E-state index >= 15 is 0 Å². The molecule has 0 unspecified atom stereocenters. The zero-order chi connectivity index (χ0) is 16.8. The number of nitrogens with one attached hydrogen (secondary N) is 1. The Morgan fingerprint density at radius 3 is 2.75 bits per heavy atom. The summed E-state index contributed by atoms with van der Waals surface area (Å²) in [5.41, 5.74) is 16.3. The molecule has 118 valence electrons. The van der Waals surface area contributed by atoms with E-state index < -0.39 is 5.91 Å². The van der Waals surface area contributed by atoms with Crippen LogP contribution in [0.5, 0.6) is 0 Å². The molecule has 4 rings (SSSR count). The van der Waals surface area contributed by atoms with Gasteiger partial charge in [-0.25, -0.2) is 0 Å². The van der Waals surface area contributed by atoms with Crippen LogP contribution < -0.4 is 11.5 Å². The number of hydrogen-bond donors (Lipinski definition) is 3. The van der Waals surface area contributed by atoms with Crippen LogP contribution in [0.15, 0.2) is 42.6 Å². The van der Waals surface area contributed by atoms with E-state index in [0.717, 1.165) is 27.6 Å². The van der Waals surface area contributed by atoms with Gasteiger partial charge in [-0.2, -0.15) is 0 Å². The second-order valence-corrected chi connectivity index (χ2v) is 5.76. The number of benzene rings is 2. The van der Waals surface area contributed by atoms with Gasteiger partial charge < -0.3 is 16.5 Å². The van der Waals surface area contributed by atoms with Crippen molar-refractivity contribution < 1.29 is 4.79 Å². The maximum Gasteiger partial charge on any atom is 0.271 e. The van der Waals surface area contributed by atoms with Crippen LogP contribution in [-0.2, 0) is 0 Å². The molecule has 6 nitrogen and oxygen atoms in total. The fourth-order valence-corrected chi connectivity index (χ4v) is 3.04. The average molecular weight is 317 g/mol. The van der Waals surface area contributed by atoms with Crippen LogP contribution >= 0.6 is 0 Å². The van der Waals surface area contributed by atoms with Gasteiger partial charge >= 0.3 is 0 Å². The number of carbonyl (C=O) groups is 1. The van der Waals surface area contributed by atoms with E-state index in [0.29, 0.717) is 10.9 Å². The topological polar surface area (TPSA) is 111 Å². The van der Waals surface area contributed by atoms with Gasteiger partial charge in [0.1, 0.15) is 5.52 Å². The minimum atomic E-state index is -0.683. The Hall–Kier alpha value is -3.41. The summed E-state index contributed by atoms with van der Waals surface area (Å²) in [4.78, 5) is 14.7. The number of aromatic nitrogens is 3. The third-order valence-corrected chi connectivity index (χ3v) is 4.26. The molecule has 0 saturated carbocycles. The molecule has 0 aliphatic rings. The normalized spacial score (nSPS) is 11.2. The van der Waals surface area contributed by atoms with Crippen LogP contribution in [0.3, 0.4) is 0 Å². The third kappa shape index (κ3) is 2.00. The number of aryl methyl sites for hydroxylation is 1. The summed E-state index contributed by atoms with van der Waals surface area (Å²) in [5.74, 6) is -0.683. The Bertz CT molecular complexity index is 1110. The Morgan fingerprint density at radius 1 is 1.12 bits per heavy atom. The summed E-state index contributed by atoms with van der Waals surface area (Å²) in [7, 11) is 0. The summed E-state index contributed by atoms with van der Waals surface area (Å²) in [6.07, 6.45) is 1.90.